The Morgan fingerprint density at radius 2 is 2.10 bits per heavy atom. The summed E-state index contributed by atoms with van der Waals surface area (Å²) in [6, 6.07) is 4.46. The number of aliphatic hydroxyl groups excluding tert-OH is 1. The lowest BCUT2D eigenvalue weighted by Crippen LogP contribution is -2.28. The summed E-state index contributed by atoms with van der Waals surface area (Å²) < 4.78 is 10.3. The molecule has 0 aliphatic rings. The SMILES string of the molecule is COc1ccc([C@H](N)CO)c(NC(=O)OC(C)(C)C)c1. The molecule has 0 heterocycles. The molecule has 0 bridgehead atoms. The average molecular weight is 282 g/mol. The summed E-state index contributed by atoms with van der Waals surface area (Å²) in [7, 11) is 1.53. The average Bonchev–Trinajstić information content (AvgIpc) is 2.35. The van der Waals surface area contributed by atoms with E-state index in [0.29, 0.717) is 17.0 Å². The largest absolute Gasteiger partial charge is 0.497 e. The molecule has 0 unspecified atom stereocenters. The summed E-state index contributed by atoms with van der Waals surface area (Å²) in [5.41, 5.74) is 6.28. The Bertz CT molecular complexity index is 469. The molecule has 0 aliphatic heterocycles. The van der Waals surface area contributed by atoms with Crippen LogP contribution in [0.3, 0.4) is 0 Å². The molecule has 1 rings (SSSR count). The second-order valence-electron chi connectivity index (χ2n) is 5.37. The van der Waals surface area contributed by atoms with Gasteiger partial charge in [-0.25, -0.2) is 4.79 Å². The van der Waals surface area contributed by atoms with Crippen LogP contribution in [0.5, 0.6) is 5.75 Å². The molecule has 112 valence electrons. The predicted octanol–water partition coefficient (Wildman–Crippen LogP) is 2.03. The monoisotopic (exact) mass is 282 g/mol. The molecule has 0 fully saturated rings. The number of aliphatic hydroxyl groups is 1. The molecule has 1 amide bonds. The molecule has 20 heavy (non-hydrogen) atoms. The summed E-state index contributed by atoms with van der Waals surface area (Å²) >= 11 is 0. The number of ether oxygens (including phenoxy) is 2. The van der Waals surface area contributed by atoms with Gasteiger partial charge in [-0.15, -0.1) is 0 Å². The third kappa shape index (κ3) is 4.71. The van der Waals surface area contributed by atoms with E-state index in [2.05, 4.69) is 5.32 Å². The van der Waals surface area contributed by atoms with Gasteiger partial charge in [-0.2, -0.15) is 0 Å². The zero-order chi connectivity index (χ0) is 15.3. The zero-order valence-electron chi connectivity index (χ0n) is 12.3. The first-order valence-corrected chi connectivity index (χ1v) is 6.31. The van der Waals surface area contributed by atoms with E-state index in [9.17, 15) is 4.79 Å². The lowest BCUT2D eigenvalue weighted by atomic mass is 10.1. The van der Waals surface area contributed by atoms with E-state index in [1.807, 2.05) is 0 Å². The van der Waals surface area contributed by atoms with Crippen LogP contribution in [0.2, 0.25) is 0 Å². The van der Waals surface area contributed by atoms with Crippen molar-refractivity contribution < 1.29 is 19.4 Å². The fraction of sp³-hybridized carbons (Fsp3) is 0.500. The van der Waals surface area contributed by atoms with Crippen molar-refractivity contribution in [2.45, 2.75) is 32.4 Å². The van der Waals surface area contributed by atoms with Crippen molar-refractivity contribution >= 4 is 11.8 Å². The normalized spacial score (nSPS) is 12.7. The molecular formula is C14H22N2O4. The highest BCUT2D eigenvalue weighted by molar-refractivity contribution is 5.86. The van der Waals surface area contributed by atoms with E-state index in [1.165, 1.54) is 7.11 Å². The van der Waals surface area contributed by atoms with Crippen LogP contribution in [-0.4, -0.2) is 30.5 Å². The van der Waals surface area contributed by atoms with Crippen LogP contribution in [0.1, 0.15) is 32.4 Å². The Balaban J connectivity index is 2.98. The molecule has 0 saturated carbocycles. The standard InChI is InChI=1S/C14H22N2O4/c1-14(2,3)20-13(18)16-12-7-9(19-4)5-6-10(12)11(15)8-17/h5-7,11,17H,8,15H2,1-4H3,(H,16,18)/t11-/m1/s1. The highest BCUT2D eigenvalue weighted by Crippen LogP contribution is 2.27. The Morgan fingerprint density at radius 3 is 2.60 bits per heavy atom. The Kier molecular flexibility index (Phi) is 5.35. The molecule has 0 aromatic heterocycles. The Labute approximate surface area is 118 Å². The van der Waals surface area contributed by atoms with Crippen LogP contribution >= 0.6 is 0 Å². The van der Waals surface area contributed by atoms with Crippen molar-refractivity contribution in [3.8, 4) is 5.75 Å². The summed E-state index contributed by atoms with van der Waals surface area (Å²) in [4.78, 5) is 11.8. The zero-order valence-corrected chi connectivity index (χ0v) is 12.3. The predicted molar refractivity (Wildman–Crippen MR) is 76.9 cm³/mol. The molecule has 0 saturated heterocycles. The van der Waals surface area contributed by atoms with Gasteiger partial charge in [-0.1, -0.05) is 6.07 Å². The van der Waals surface area contributed by atoms with Crippen LogP contribution in [0.15, 0.2) is 18.2 Å². The number of nitrogens with two attached hydrogens (primary N) is 1. The van der Waals surface area contributed by atoms with Gasteiger partial charge >= 0.3 is 6.09 Å². The first kappa shape index (κ1) is 16.3. The number of carbonyl (C=O) groups is 1. The maximum Gasteiger partial charge on any atom is 0.412 e. The van der Waals surface area contributed by atoms with E-state index in [0.717, 1.165) is 0 Å². The third-order valence-corrected chi connectivity index (χ3v) is 2.49. The summed E-state index contributed by atoms with van der Waals surface area (Å²) in [5.74, 6) is 0.574. The lowest BCUT2D eigenvalue weighted by molar-refractivity contribution is 0.0635. The molecule has 0 spiro atoms. The number of rotatable bonds is 4. The number of hydrogen-bond acceptors (Lipinski definition) is 5. The number of methoxy groups -OCH3 is 1. The van der Waals surface area contributed by atoms with Crippen LogP contribution in [0, 0.1) is 0 Å². The molecule has 1 aromatic carbocycles. The van der Waals surface area contributed by atoms with Crippen LogP contribution in [0.4, 0.5) is 10.5 Å². The highest BCUT2D eigenvalue weighted by Gasteiger charge is 2.19. The second-order valence-corrected chi connectivity index (χ2v) is 5.37. The minimum Gasteiger partial charge on any atom is -0.497 e. The van der Waals surface area contributed by atoms with Crippen LogP contribution < -0.4 is 15.8 Å². The first-order valence-electron chi connectivity index (χ1n) is 6.31. The number of anilines is 1. The summed E-state index contributed by atoms with van der Waals surface area (Å²) in [5, 5.41) is 11.8. The molecular weight excluding hydrogens is 260 g/mol. The van der Waals surface area contributed by atoms with Crippen molar-refractivity contribution in [2.75, 3.05) is 19.0 Å². The van der Waals surface area contributed by atoms with Gasteiger partial charge in [0.2, 0.25) is 0 Å². The number of benzene rings is 1. The van der Waals surface area contributed by atoms with Gasteiger partial charge in [0, 0.05) is 6.07 Å². The fourth-order valence-corrected chi connectivity index (χ4v) is 1.61. The summed E-state index contributed by atoms with van der Waals surface area (Å²) in [6.45, 7) is 5.10. The van der Waals surface area contributed by atoms with Crippen molar-refractivity contribution in [1.82, 2.24) is 0 Å². The highest BCUT2D eigenvalue weighted by atomic mass is 16.6. The third-order valence-electron chi connectivity index (χ3n) is 2.49. The first-order chi connectivity index (χ1) is 9.26. The van der Waals surface area contributed by atoms with E-state index in [1.54, 1.807) is 39.0 Å². The fourth-order valence-electron chi connectivity index (χ4n) is 1.61. The van der Waals surface area contributed by atoms with Crippen molar-refractivity contribution in [2.24, 2.45) is 5.73 Å². The van der Waals surface area contributed by atoms with Crippen molar-refractivity contribution in [3.05, 3.63) is 23.8 Å². The van der Waals surface area contributed by atoms with Gasteiger partial charge < -0.3 is 20.3 Å². The topological polar surface area (TPSA) is 93.8 Å². The Morgan fingerprint density at radius 1 is 1.45 bits per heavy atom. The van der Waals surface area contributed by atoms with Gasteiger partial charge in [0.1, 0.15) is 11.4 Å². The van der Waals surface area contributed by atoms with Gasteiger partial charge in [0.15, 0.2) is 0 Å². The number of carbonyl (C=O) groups excluding carboxylic acids is 1. The van der Waals surface area contributed by atoms with E-state index in [4.69, 9.17) is 20.3 Å². The summed E-state index contributed by atoms with van der Waals surface area (Å²) in [6.07, 6.45) is -0.586. The van der Waals surface area contributed by atoms with Crippen LogP contribution in [0.25, 0.3) is 0 Å². The van der Waals surface area contributed by atoms with E-state index in [-0.39, 0.29) is 6.61 Å². The lowest BCUT2D eigenvalue weighted by Gasteiger charge is -2.21. The molecule has 6 heteroatoms. The molecule has 6 nitrogen and oxygen atoms in total. The molecule has 1 atom stereocenters. The minimum absolute atomic E-state index is 0.227. The molecule has 1 aromatic rings. The molecule has 4 N–H and O–H groups in total. The maximum atomic E-state index is 11.8. The van der Waals surface area contributed by atoms with Gasteiger partial charge in [-0.3, -0.25) is 5.32 Å². The number of hydrogen-bond donors (Lipinski definition) is 3. The number of amides is 1. The van der Waals surface area contributed by atoms with E-state index >= 15 is 0 Å². The minimum atomic E-state index is -0.595. The quantitative estimate of drug-likeness (QED) is 0.785. The maximum absolute atomic E-state index is 11.8. The van der Waals surface area contributed by atoms with Crippen molar-refractivity contribution in [3.63, 3.8) is 0 Å². The molecule has 0 aliphatic carbocycles. The van der Waals surface area contributed by atoms with Crippen molar-refractivity contribution in [1.29, 1.82) is 0 Å². The van der Waals surface area contributed by atoms with Crippen LogP contribution in [-0.2, 0) is 4.74 Å². The number of nitrogens with one attached hydrogen (secondary N) is 1. The second kappa shape index (κ2) is 6.58. The smallest absolute Gasteiger partial charge is 0.412 e. The van der Waals surface area contributed by atoms with Gasteiger partial charge in [0.25, 0.3) is 0 Å². The van der Waals surface area contributed by atoms with Gasteiger partial charge in [0.05, 0.1) is 25.4 Å². The van der Waals surface area contributed by atoms with Gasteiger partial charge in [-0.05, 0) is 32.4 Å². The molecule has 0 radical (unpaired) electrons. The van der Waals surface area contributed by atoms with E-state index < -0.39 is 17.7 Å². The Hall–Kier alpha value is -1.79.